The van der Waals surface area contributed by atoms with E-state index in [0.29, 0.717) is 11.3 Å². The van der Waals surface area contributed by atoms with Crippen molar-refractivity contribution in [2.45, 2.75) is 83.6 Å². The number of guanidine groups is 1. The predicted octanol–water partition coefficient (Wildman–Crippen LogP) is -0.665. The molecule has 1 fully saturated rings. The number of rotatable bonds is 8. The molecule has 2 rings (SSSR count). The number of aliphatic imine (C=N–C) groups is 1. The molecule has 0 spiro atoms. The van der Waals surface area contributed by atoms with Crippen LogP contribution in [0.3, 0.4) is 0 Å². The SMILES string of the molecule is CCC(N=C(N)N)[C@@H]1NC(=O)[C@](C)(NC(=O)C(C)C)CCNC(=O)[C@@H](c2ccccc2OC)NC(=O)[C@H](CC)NC1=O. The summed E-state index contributed by atoms with van der Waals surface area (Å²) in [4.78, 5) is 71.2. The van der Waals surface area contributed by atoms with Gasteiger partial charge in [-0.15, -0.1) is 0 Å². The van der Waals surface area contributed by atoms with Crippen LogP contribution in [-0.4, -0.2) is 72.8 Å². The zero-order valence-corrected chi connectivity index (χ0v) is 25.1. The van der Waals surface area contributed by atoms with E-state index in [0.717, 1.165) is 0 Å². The van der Waals surface area contributed by atoms with Crippen molar-refractivity contribution in [3.8, 4) is 5.75 Å². The Bertz CT molecular complexity index is 1180. The molecule has 42 heavy (non-hydrogen) atoms. The Morgan fingerprint density at radius 1 is 1.07 bits per heavy atom. The Hall–Kier alpha value is -4.36. The molecule has 1 aliphatic rings. The van der Waals surface area contributed by atoms with Crippen molar-refractivity contribution < 1.29 is 28.7 Å². The van der Waals surface area contributed by atoms with Gasteiger partial charge < -0.3 is 42.8 Å². The molecule has 1 aromatic carbocycles. The van der Waals surface area contributed by atoms with E-state index in [-0.39, 0.29) is 31.8 Å². The van der Waals surface area contributed by atoms with Gasteiger partial charge in [0.2, 0.25) is 29.5 Å². The number of amides is 5. The molecule has 1 aromatic rings. The fraction of sp³-hybridized carbons (Fsp3) is 0.571. The lowest BCUT2D eigenvalue weighted by molar-refractivity contribution is -0.138. The van der Waals surface area contributed by atoms with Crippen molar-refractivity contribution >= 4 is 35.5 Å². The maximum atomic E-state index is 13.8. The first-order chi connectivity index (χ1) is 19.8. The molecule has 14 nitrogen and oxygen atoms in total. The van der Waals surface area contributed by atoms with Crippen LogP contribution in [-0.2, 0) is 24.0 Å². The van der Waals surface area contributed by atoms with E-state index in [1.807, 2.05) is 0 Å². The van der Waals surface area contributed by atoms with Crippen molar-refractivity contribution in [2.75, 3.05) is 13.7 Å². The molecule has 1 unspecified atom stereocenters. The van der Waals surface area contributed by atoms with E-state index >= 15 is 0 Å². The van der Waals surface area contributed by atoms with Gasteiger partial charge in [0.25, 0.3) is 0 Å². The van der Waals surface area contributed by atoms with E-state index in [1.165, 1.54) is 14.0 Å². The first kappa shape index (κ1) is 33.8. The van der Waals surface area contributed by atoms with Crippen LogP contribution >= 0.6 is 0 Å². The van der Waals surface area contributed by atoms with Gasteiger partial charge in [-0.25, -0.2) is 4.99 Å². The molecular weight excluding hydrogens is 544 g/mol. The monoisotopic (exact) mass is 588 g/mol. The second-order valence-electron chi connectivity index (χ2n) is 10.7. The van der Waals surface area contributed by atoms with Crippen molar-refractivity contribution in [1.82, 2.24) is 26.6 Å². The van der Waals surface area contributed by atoms with Crippen LogP contribution in [0.25, 0.3) is 0 Å². The summed E-state index contributed by atoms with van der Waals surface area (Å²) in [5.41, 5.74) is 10.1. The molecule has 5 amide bonds. The van der Waals surface area contributed by atoms with Crippen molar-refractivity contribution in [2.24, 2.45) is 22.4 Å². The average molecular weight is 589 g/mol. The molecule has 232 valence electrons. The summed E-state index contributed by atoms with van der Waals surface area (Å²) in [6.07, 6.45) is 0.390. The zero-order chi connectivity index (χ0) is 31.6. The summed E-state index contributed by atoms with van der Waals surface area (Å²) in [5.74, 6) is -3.36. The van der Waals surface area contributed by atoms with E-state index in [2.05, 4.69) is 31.6 Å². The van der Waals surface area contributed by atoms with Crippen LogP contribution in [0.1, 0.15) is 65.5 Å². The van der Waals surface area contributed by atoms with E-state index in [4.69, 9.17) is 16.2 Å². The zero-order valence-electron chi connectivity index (χ0n) is 25.1. The first-order valence-corrected chi connectivity index (χ1v) is 14.0. The molecule has 1 heterocycles. The number of carbonyl (C=O) groups excluding carboxylic acids is 5. The van der Waals surface area contributed by atoms with Crippen molar-refractivity contribution in [1.29, 1.82) is 0 Å². The molecule has 0 bridgehead atoms. The van der Waals surface area contributed by atoms with Gasteiger partial charge in [0.1, 0.15) is 29.4 Å². The van der Waals surface area contributed by atoms with E-state index < -0.39 is 65.2 Å². The highest BCUT2D eigenvalue weighted by molar-refractivity contribution is 5.98. The second kappa shape index (κ2) is 15.0. The molecule has 0 radical (unpaired) electrons. The normalized spacial score (nSPS) is 24.7. The standard InChI is InChI=1S/C28H44N8O6/c1-7-17(33-27(29)30)21-25(40)32-18(8-2)23(38)34-20(16-11-9-10-12-19(16)42-6)24(39)31-14-13-28(5,26(41)35-21)36-22(37)15(3)4/h9-12,15,17-18,20-21H,7-8,13-14H2,1-6H3,(H,31,39)(H,32,40)(H,34,38)(H,35,41)(H,36,37)(H4,29,30,33)/t17?,18-,20+,21-,28+/m0/s1. The minimum Gasteiger partial charge on any atom is -0.496 e. The highest BCUT2D eigenvalue weighted by Crippen LogP contribution is 2.25. The molecule has 1 saturated heterocycles. The Morgan fingerprint density at radius 2 is 1.74 bits per heavy atom. The van der Waals surface area contributed by atoms with Gasteiger partial charge in [-0.3, -0.25) is 24.0 Å². The molecule has 9 N–H and O–H groups in total. The third-order valence-electron chi connectivity index (χ3n) is 7.08. The molecule has 0 saturated carbocycles. The summed E-state index contributed by atoms with van der Waals surface area (Å²) in [6, 6.07) is 2.29. The minimum atomic E-state index is -1.54. The Balaban J connectivity index is 2.63. The maximum absolute atomic E-state index is 13.8. The number of carbonyl (C=O) groups is 5. The third kappa shape index (κ3) is 8.57. The average Bonchev–Trinajstić information content (AvgIpc) is 2.94. The third-order valence-corrected chi connectivity index (χ3v) is 7.08. The fourth-order valence-electron chi connectivity index (χ4n) is 4.46. The Kier molecular flexibility index (Phi) is 12.1. The summed E-state index contributed by atoms with van der Waals surface area (Å²) in [7, 11) is 1.44. The lowest BCUT2D eigenvalue weighted by Gasteiger charge is -2.34. The first-order valence-electron chi connectivity index (χ1n) is 14.0. The largest absolute Gasteiger partial charge is 0.496 e. The summed E-state index contributed by atoms with van der Waals surface area (Å²) >= 11 is 0. The van der Waals surface area contributed by atoms with Crippen molar-refractivity contribution in [3.05, 3.63) is 29.8 Å². The van der Waals surface area contributed by atoms with Gasteiger partial charge >= 0.3 is 0 Å². The molecule has 0 aliphatic carbocycles. The van der Waals surface area contributed by atoms with E-state index in [1.54, 1.807) is 52.0 Å². The van der Waals surface area contributed by atoms with Gasteiger partial charge in [-0.05, 0) is 32.3 Å². The van der Waals surface area contributed by atoms with Crippen LogP contribution in [0.15, 0.2) is 29.3 Å². The Morgan fingerprint density at radius 3 is 2.31 bits per heavy atom. The highest BCUT2D eigenvalue weighted by Gasteiger charge is 2.41. The number of nitrogens with two attached hydrogens (primary N) is 2. The fourth-order valence-corrected chi connectivity index (χ4v) is 4.46. The molecular formula is C28H44N8O6. The molecule has 0 aromatic heterocycles. The van der Waals surface area contributed by atoms with Crippen LogP contribution in [0.2, 0.25) is 0 Å². The van der Waals surface area contributed by atoms with Gasteiger partial charge in [-0.2, -0.15) is 0 Å². The number of methoxy groups -OCH3 is 1. The summed E-state index contributed by atoms with van der Waals surface area (Å²) < 4.78 is 5.42. The van der Waals surface area contributed by atoms with Gasteiger partial charge in [-0.1, -0.05) is 45.9 Å². The predicted molar refractivity (Wildman–Crippen MR) is 157 cm³/mol. The number of nitrogens with one attached hydrogen (secondary N) is 5. The van der Waals surface area contributed by atoms with Crippen LogP contribution in [0.5, 0.6) is 5.75 Å². The second-order valence-corrected chi connectivity index (χ2v) is 10.7. The van der Waals surface area contributed by atoms with Crippen LogP contribution < -0.4 is 42.8 Å². The topological polar surface area (TPSA) is 219 Å². The number of hydrogen-bond acceptors (Lipinski definition) is 7. The van der Waals surface area contributed by atoms with Gasteiger partial charge in [0.15, 0.2) is 5.96 Å². The number of benzene rings is 1. The molecule has 14 heteroatoms. The summed E-state index contributed by atoms with van der Waals surface area (Å²) in [6.45, 7) is 8.22. The lowest BCUT2D eigenvalue weighted by atomic mass is 9.93. The summed E-state index contributed by atoms with van der Waals surface area (Å²) in [5, 5.41) is 13.6. The molecule has 5 atom stereocenters. The number of para-hydroxylation sites is 1. The minimum absolute atomic E-state index is 0.0410. The number of nitrogens with zero attached hydrogens (tertiary/aromatic N) is 1. The van der Waals surface area contributed by atoms with Gasteiger partial charge in [0, 0.05) is 18.0 Å². The Labute approximate surface area is 246 Å². The van der Waals surface area contributed by atoms with E-state index in [9.17, 15) is 24.0 Å². The van der Waals surface area contributed by atoms with Crippen LogP contribution in [0, 0.1) is 5.92 Å². The highest BCUT2D eigenvalue weighted by atomic mass is 16.5. The van der Waals surface area contributed by atoms with Crippen LogP contribution in [0.4, 0.5) is 0 Å². The quantitative estimate of drug-likeness (QED) is 0.152. The smallest absolute Gasteiger partial charge is 0.247 e. The maximum Gasteiger partial charge on any atom is 0.247 e. The van der Waals surface area contributed by atoms with Crippen molar-refractivity contribution in [3.63, 3.8) is 0 Å². The molecule has 1 aliphatic heterocycles. The van der Waals surface area contributed by atoms with Gasteiger partial charge in [0.05, 0.1) is 13.2 Å². The number of hydrogen-bond donors (Lipinski definition) is 7. The lowest BCUT2D eigenvalue weighted by Crippen LogP contribution is -2.65. The number of ether oxygens (including phenoxy) is 1.